The first-order valence-electron chi connectivity index (χ1n) is 4.43. The molecule has 0 aliphatic heterocycles. The lowest BCUT2D eigenvalue weighted by Gasteiger charge is -2.01. The Balaban J connectivity index is 0.000000791. The summed E-state index contributed by atoms with van der Waals surface area (Å²) in [7, 11) is 0. The van der Waals surface area contributed by atoms with Gasteiger partial charge in [-0.15, -0.1) is 0 Å². The summed E-state index contributed by atoms with van der Waals surface area (Å²) in [6.07, 6.45) is 1.22. The molecule has 0 spiro atoms. The Kier molecular flexibility index (Phi) is 5.78. The van der Waals surface area contributed by atoms with Crippen LogP contribution in [0.25, 0.3) is 0 Å². The number of hydrogen-bond acceptors (Lipinski definition) is 3. The van der Waals surface area contributed by atoms with Crippen molar-refractivity contribution in [2.24, 2.45) is 16.7 Å². The van der Waals surface area contributed by atoms with Gasteiger partial charge in [0.25, 0.3) is 0 Å². The fraction of sp³-hybridized carbons (Fsp3) is 0.200. The molecule has 5 N–H and O–H groups in total. The number of nitrogens with two attached hydrogens (primary N) is 2. The first-order valence-corrected chi connectivity index (χ1v) is 4.43. The van der Waals surface area contributed by atoms with Crippen LogP contribution in [0.4, 0.5) is 0 Å². The molecular weight excluding hydrogens is 176 g/mol. The predicted molar refractivity (Wildman–Crippen MR) is 60.6 cm³/mol. The van der Waals surface area contributed by atoms with Crippen molar-refractivity contribution in [1.82, 2.24) is 0 Å². The molecule has 0 unspecified atom stereocenters. The zero-order chi connectivity index (χ0) is 11.0. The Labute approximate surface area is 84.1 Å². The predicted octanol–water partition coefficient (Wildman–Crippen LogP) is 1.29. The van der Waals surface area contributed by atoms with Gasteiger partial charge in [0.2, 0.25) is 0 Å². The van der Waals surface area contributed by atoms with Crippen LogP contribution in [0.1, 0.15) is 25.0 Å². The van der Waals surface area contributed by atoms with Crippen LogP contribution in [-0.2, 0) is 0 Å². The first kappa shape index (κ1) is 12.2. The second-order valence-corrected chi connectivity index (χ2v) is 2.25. The van der Waals surface area contributed by atoms with Crippen LogP contribution in [0, 0.1) is 5.41 Å². The van der Waals surface area contributed by atoms with E-state index in [0.717, 1.165) is 0 Å². The summed E-state index contributed by atoms with van der Waals surface area (Å²) < 4.78 is 0. The Bertz CT molecular complexity index is 318. The van der Waals surface area contributed by atoms with Crippen LogP contribution < -0.4 is 11.6 Å². The maximum Gasteiger partial charge on any atom is 0.150 e. The molecule has 1 rings (SSSR count). The third kappa shape index (κ3) is 2.90. The topological polar surface area (TPSA) is 88.2 Å². The maximum absolute atomic E-state index is 7.08. The van der Waals surface area contributed by atoms with Crippen LogP contribution in [0.2, 0.25) is 0 Å². The van der Waals surface area contributed by atoms with E-state index in [0.29, 0.717) is 11.1 Å². The summed E-state index contributed by atoms with van der Waals surface area (Å²) in [6.45, 7) is 4.00. The number of benzene rings is 1. The lowest BCUT2D eigenvalue weighted by molar-refractivity contribution is 1.23. The lowest BCUT2D eigenvalue weighted by atomic mass is 10.1. The monoisotopic (exact) mass is 192 g/mol. The molecular formula is C10H16N4. The van der Waals surface area contributed by atoms with Gasteiger partial charge in [0.05, 0.1) is 0 Å². The van der Waals surface area contributed by atoms with Crippen LogP contribution in [0.15, 0.2) is 29.4 Å². The minimum Gasteiger partial charge on any atom is -0.382 e. The molecule has 0 saturated heterocycles. The fourth-order valence-electron chi connectivity index (χ4n) is 0.926. The molecule has 0 radical (unpaired) electrons. The number of nitrogens with zero attached hydrogens (tertiary/aromatic N) is 1. The third-order valence-corrected chi connectivity index (χ3v) is 1.53. The summed E-state index contributed by atoms with van der Waals surface area (Å²) >= 11 is 0. The molecule has 0 aliphatic carbocycles. The molecule has 0 fully saturated rings. The van der Waals surface area contributed by atoms with Crippen LogP contribution in [0.3, 0.4) is 0 Å². The highest BCUT2D eigenvalue weighted by Crippen LogP contribution is 2.04. The van der Waals surface area contributed by atoms with Crippen LogP contribution in [-0.4, -0.2) is 12.1 Å². The third-order valence-electron chi connectivity index (χ3n) is 1.53. The van der Waals surface area contributed by atoms with Gasteiger partial charge >= 0.3 is 0 Å². The zero-order valence-corrected chi connectivity index (χ0v) is 8.49. The molecule has 0 bridgehead atoms. The van der Waals surface area contributed by atoms with E-state index in [1.165, 1.54) is 6.21 Å². The second-order valence-electron chi connectivity index (χ2n) is 2.25. The minimum absolute atomic E-state index is 0.245. The molecule has 0 saturated carbocycles. The number of rotatable bonds is 2. The zero-order valence-electron chi connectivity index (χ0n) is 8.49. The van der Waals surface area contributed by atoms with Crippen molar-refractivity contribution in [3.8, 4) is 0 Å². The van der Waals surface area contributed by atoms with Crippen molar-refractivity contribution in [2.75, 3.05) is 0 Å². The Morgan fingerprint density at radius 1 is 1.36 bits per heavy atom. The van der Waals surface area contributed by atoms with E-state index in [-0.39, 0.29) is 5.84 Å². The SMILES string of the molecule is CC.N=Cc1ccccc1/C(N)=N/N. The van der Waals surface area contributed by atoms with Crippen molar-refractivity contribution >= 4 is 12.1 Å². The molecule has 4 heteroatoms. The molecule has 0 aliphatic rings. The molecule has 1 aromatic carbocycles. The van der Waals surface area contributed by atoms with Gasteiger partial charge in [-0.25, -0.2) is 0 Å². The van der Waals surface area contributed by atoms with E-state index in [4.69, 9.17) is 17.0 Å². The highest BCUT2D eigenvalue weighted by molar-refractivity contribution is 6.03. The average Bonchev–Trinajstić information content (AvgIpc) is 2.30. The van der Waals surface area contributed by atoms with E-state index < -0.39 is 0 Å². The Morgan fingerprint density at radius 2 is 1.93 bits per heavy atom. The number of nitrogens with one attached hydrogen (secondary N) is 1. The smallest absolute Gasteiger partial charge is 0.150 e. The van der Waals surface area contributed by atoms with E-state index in [2.05, 4.69) is 5.10 Å². The number of hydrazone groups is 1. The second kappa shape index (κ2) is 6.65. The van der Waals surface area contributed by atoms with Crippen molar-refractivity contribution in [3.05, 3.63) is 35.4 Å². The van der Waals surface area contributed by atoms with E-state index >= 15 is 0 Å². The van der Waals surface area contributed by atoms with Crippen LogP contribution >= 0.6 is 0 Å². The first-order chi connectivity index (χ1) is 6.79. The maximum atomic E-state index is 7.08. The highest BCUT2D eigenvalue weighted by atomic mass is 15.2. The van der Waals surface area contributed by atoms with Crippen molar-refractivity contribution in [3.63, 3.8) is 0 Å². The Hall–Kier alpha value is -1.84. The quantitative estimate of drug-likeness (QED) is 0.285. The molecule has 14 heavy (non-hydrogen) atoms. The van der Waals surface area contributed by atoms with Crippen molar-refractivity contribution in [1.29, 1.82) is 5.41 Å². The summed E-state index contributed by atoms with van der Waals surface area (Å²) in [5, 5.41) is 10.4. The van der Waals surface area contributed by atoms with E-state index in [9.17, 15) is 0 Å². The highest BCUT2D eigenvalue weighted by Gasteiger charge is 2.01. The standard InChI is InChI=1S/C8H10N4.C2H6/c9-5-6-3-1-2-4-7(6)8(10)12-11;1-2/h1-5,9H,11H2,(H2,10,12);1-2H3. The molecule has 4 nitrogen and oxygen atoms in total. The van der Waals surface area contributed by atoms with Gasteiger partial charge in [0, 0.05) is 17.3 Å². The fourth-order valence-corrected chi connectivity index (χ4v) is 0.926. The number of hydrogen-bond donors (Lipinski definition) is 3. The van der Waals surface area contributed by atoms with Crippen molar-refractivity contribution < 1.29 is 0 Å². The summed E-state index contributed by atoms with van der Waals surface area (Å²) in [5.74, 6) is 5.26. The summed E-state index contributed by atoms with van der Waals surface area (Å²) in [4.78, 5) is 0. The van der Waals surface area contributed by atoms with Crippen molar-refractivity contribution in [2.45, 2.75) is 13.8 Å². The Morgan fingerprint density at radius 3 is 2.43 bits per heavy atom. The van der Waals surface area contributed by atoms with Crippen LogP contribution in [0.5, 0.6) is 0 Å². The van der Waals surface area contributed by atoms with E-state index in [1.807, 2.05) is 26.0 Å². The van der Waals surface area contributed by atoms with Gasteiger partial charge in [-0.05, 0) is 0 Å². The molecule has 1 aromatic rings. The van der Waals surface area contributed by atoms with Gasteiger partial charge in [0.15, 0.2) is 5.84 Å². The summed E-state index contributed by atoms with van der Waals surface area (Å²) in [6, 6.07) is 7.19. The molecule has 0 aromatic heterocycles. The summed E-state index contributed by atoms with van der Waals surface area (Å²) in [5.41, 5.74) is 6.89. The van der Waals surface area contributed by atoms with Gasteiger partial charge < -0.3 is 17.0 Å². The van der Waals surface area contributed by atoms with E-state index in [1.54, 1.807) is 12.1 Å². The number of amidine groups is 1. The lowest BCUT2D eigenvalue weighted by Crippen LogP contribution is -2.17. The molecule has 76 valence electrons. The average molecular weight is 192 g/mol. The van der Waals surface area contributed by atoms with Gasteiger partial charge in [-0.3, -0.25) is 0 Å². The van der Waals surface area contributed by atoms with Gasteiger partial charge in [-0.1, -0.05) is 38.1 Å². The normalized spacial score (nSPS) is 10.0. The molecule has 0 heterocycles. The van der Waals surface area contributed by atoms with Gasteiger partial charge in [-0.2, -0.15) is 5.10 Å². The van der Waals surface area contributed by atoms with Gasteiger partial charge in [0.1, 0.15) is 0 Å². The minimum atomic E-state index is 0.245. The largest absolute Gasteiger partial charge is 0.382 e. The molecule has 0 amide bonds. The molecule has 0 atom stereocenters.